The van der Waals surface area contributed by atoms with Crippen molar-refractivity contribution < 1.29 is 14.3 Å². The summed E-state index contributed by atoms with van der Waals surface area (Å²) in [6.45, 7) is 0.254. The average molecular weight is 430 g/mol. The molecule has 3 aromatic carbocycles. The lowest BCUT2D eigenvalue weighted by atomic mass is 9.86. The second-order valence-electron chi connectivity index (χ2n) is 6.96. The van der Waals surface area contributed by atoms with Gasteiger partial charge in [-0.25, -0.2) is 0 Å². The van der Waals surface area contributed by atoms with E-state index < -0.39 is 0 Å². The number of benzene rings is 3. The van der Waals surface area contributed by atoms with Crippen molar-refractivity contribution in [2.24, 2.45) is 0 Å². The molecule has 0 bridgehead atoms. The highest BCUT2D eigenvalue weighted by Crippen LogP contribution is 2.41. The van der Waals surface area contributed by atoms with Crippen LogP contribution in [-0.2, 0) is 9.53 Å². The maximum Gasteiger partial charge on any atom is 0.307 e. The molecule has 1 aliphatic carbocycles. The number of methoxy groups -OCH3 is 1. The van der Waals surface area contributed by atoms with E-state index in [1.807, 2.05) is 54.6 Å². The van der Waals surface area contributed by atoms with Gasteiger partial charge in [0.25, 0.3) is 0 Å². The Labute approximate surface area is 183 Å². The summed E-state index contributed by atoms with van der Waals surface area (Å²) in [5, 5.41) is 14.5. The van der Waals surface area contributed by atoms with Gasteiger partial charge in [0, 0.05) is 38.5 Å². The molecule has 6 nitrogen and oxygen atoms in total. The van der Waals surface area contributed by atoms with Gasteiger partial charge >= 0.3 is 5.97 Å². The Hall–Kier alpha value is -3.76. The Morgan fingerprint density at radius 1 is 1.16 bits per heavy atom. The maximum atomic E-state index is 13.1. The van der Waals surface area contributed by atoms with E-state index >= 15 is 0 Å². The number of esters is 1. The molecule has 0 fully saturated rings. The monoisotopic (exact) mass is 429 g/mol. The molecule has 3 aromatic rings. The van der Waals surface area contributed by atoms with Crippen molar-refractivity contribution >= 4 is 45.7 Å². The molecule has 0 saturated heterocycles. The summed E-state index contributed by atoms with van der Waals surface area (Å²) in [6, 6.07) is 19.1. The summed E-state index contributed by atoms with van der Waals surface area (Å²) in [5.41, 5.74) is 8.35. The number of nitriles is 1. The van der Waals surface area contributed by atoms with Crippen LogP contribution >= 0.6 is 11.8 Å². The van der Waals surface area contributed by atoms with Crippen molar-refractivity contribution in [2.75, 3.05) is 19.4 Å². The maximum absolute atomic E-state index is 13.1. The highest BCUT2D eigenvalue weighted by molar-refractivity contribution is 7.99. The molecular formula is C24H19N3O3S. The zero-order valence-corrected chi connectivity index (χ0v) is 17.6. The molecule has 0 unspecified atom stereocenters. The Morgan fingerprint density at radius 2 is 1.97 bits per heavy atom. The number of nitrogens with zero attached hydrogens (tertiary/aromatic N) is 1. The highest BCUT2D eigenvalue weighted by atomic mass is 32.2. The quantitative estimate of drug-likeness (QED) is 0.448. The number of nitrogens with two attached hydrogens (primary N) is 1. The number of ether oxygens (including phenoxy) is 1. The van der Waals surface area contributed by atoms with Crippen molar-refractivity contribution in [3.8, 4) is 6.07 Å². The van der Waals surface area contributed by atoms with Gasteiger partial charge in [0.2, 0.25) is 5.78 Å². The van der Waals surface area contributed by atoms with Gasteiger partial charge in [0.05, 0.1) is 19.2 Å². The zero-order chi connectivity index (χ0) is 22.0. The van der Waals surface area contributed by atoms with Crippen LogP contribution in [0.15, 0.2) is 70.0 Å². The fourth-order valence-corrected chi connectivity index (χ4v) is 4.65. The summed E-state index contributed by atoms with van der Waals surface area (Å²) >= 11 is 1.56. The zero-order valence-electron chi connectivity index (χ0n) is 16.8. The van der Waals surface area contributed by atoms with Gasteiger partial charge in [-0.1, -0.05) is 42.1 Å². The second kappa shape index (κ2) is 8.54. The number of allylic oxidation sites excluding steroid dienone is 1. The first-order valence-corrected chi connectivity index (χ1v) is 10.4. The molecule has 0 aliphatic heterocycles. The van der Waals surface area contributed by atoms with Gasteiger partial charge in [0.15, 0.2) is 0 Å². The van der Waals surface area contributed by atoms with Crippen LogP contribution in [-0.4, -0.2) is 25.4 Å². The fourth-order valence-electron chi connectivity index (χ4n) is 3.64. The second-order valence-corrected chi connectivity index (χ2v) is 8.07. The molecule has 0 aromatic heterocycles. The van der Waals surface area contributed by atoms with Crippen LogP contribution in [0, 0.1) is 11.3 Å². The van der Waals surface area contributed by atoms with Crippen LogP contribution < -0.4 is 11.1 Å². The van der Waals surface area contributed by atoms with E-state index in [0.29, 0.717) is 16.9 Å². The Morgan fingerprint density at radius 3 is 2.71 bits per heavy atom. The molecule has 4 rings (SSSR count). The summed E-state index contributed by atoms with van der Waals surface area (Å²) in [7, 11) is 1.32. The number of ketones is 1. The predicted octanol–water partition coefficient (Wildman–Crippen LogP) is 4.16. The van der Waals surface area contributed by atoms with Crippen LogP contribution in [0.5, 0.6) is 0 Å². The predicted molar refractivity (Wildman–Crippen MR) is 120 cm³/mol. The minimum atomic E-state index is -0.367. The Kier molecular flexibility index (Phi) is 5.65. The summed E-state index contributed by atoms with van der Waals surface area (Å²) < 4.78 is 4.67. The van der Waals surface area contributed by atoms with E-state index in [0.717, 1.165) is 26.1 Å². The molecule has 7 heteroatoms. The number of hydrogen-bond acceptors (Lipinski definition) is 7. The van der Waals surface area contributed by atoms with Gasteiger partial charge < -0.3 is 15.8 Å². The topological polar surface area (TPSA) is 105 Å². The van der Waals surface area contributed by atoms with E-state index in [1.54, 1.807) is 17.8 Å². The van der Waals surface area contributed by atoms with Gasteiger partial charge in [-0.05, 0) is 29.7 Å². The molecule has 0 spiro atoms. The van der Waals surface area contributed by atoms with E-state index in [4.69, 9.17) is 5.73 Å². The third-order valence-corrected chi connectivity index (χ3v) is 6.11. The van der Waals surface area contributed by atoms with E-state index in [-0.39, 0.29) is 30.3 Å². The largest absolute Gasteiger partial charge is 0.469 e. The summed E-state index contributed by atoms with van der Waals surface area (Å²) in [5.74, 6) is -0.694. The van der Waals surface area contributed by atoms with Crippen molar-refractivity contribution in [3.63, 3.8) is 0 Å². The molecule has 1 aliphatic rings. The molecule has 0 radical (unpaired) electrons. The summed E-state index contributed by atoms with van der Waals surface area (Å²) in [4.78, 5) is 26.5. The molecule has 0 heterocycles. The first-order chi connectivity index (χ1) is 15.0. The number of anilines is 1. The number of carbonyl (C=O) groups is 2. The van der Waals surface area contributed by atoms with Crippen LogP contribution in [0.1, 0.15) is 22.3 Å². The Bertz CT molecular complexity index is 1290. The lowest BCUT2D eigenvalue weighted by Gasteiger charge is -2.22. The van der Waals surface area contributed by atoms with Crippen LogP contribution in [0.4, 0.5) is 5.69 Å². The van der Waals surface area contributed by atoms with Crippen molar-refractivity contribution in [2.45, 2.75) is 16.2 Å². The molecule has 154 valence electrons. The number of nitrogen functional groups attached to an aromatic ring is 1. The first-order valence-electron chi connectivity index (χ1n) is 9.62. The molecule has 3 N–H and O–H groups in total. The van der Waals surface area contributed by atoms with E-state index in [2.05, 4.69) is 10.1 Å². The van der Waals surface area contributed by atoms with Crippen LogP contribution in [0.2, 0.25) is 0 Å². The van der Waals surface area contributed by atoms with Crippen molar-refractivity contribution in [1.29, 1.82) is 5.26 Å². The van der Waals surface area contributed by atoms with Crippen LogP contribution in [0.25, 0.3) is 16.5 Å². The van der Waals surface area contributed by atoms with E-state index in [9.17, 15) is 14.9 Å². The summed E-state index contributed by atoms with van der Waals surface area (Å²) in [6.07, 6.45) is 0.126. The van der Waals surface area contributed by atoms with Crippen molar-refractivity contribution in [3.05, 3.63) is 71.3 Å². The number of nitrogens with one attached hydrogen (secondary N) is 1. The lowest BCUT2D eigenvalue weighted by molar-refractivity contribution is -0.140. The van der Waals surface area contributed by atoms with Gasteiger partial charge in [0.1, 0.15) is 11.6 Å². The molecule has 0 atom stereocenters. The highest BCUT2D eigenvalue weighted by Gasteiger charge is 2.28. The SMILES string of the molecule is COC(=O)CCNC1=C(C#N)C(=O)c2cccc3c(Sc4cccc(N)c4)ccc1c23. The number of rotatable bonds is 6. The van der Waals surface area contributed by atoms with Gasteiger partial charge in [-0.15, -0.1) is 0 Å². The third-order valence-electron chi connectivity index (χ3n) is 5.05. The fraction of sp³-hybridized carbons (Fsp3) is 0.125. The van der Waals surface area contributed by atoms with Crippen molar-refractivity contribution in [1.82, 2.24) is 5.32 Å². The first kappa shape index (κ1) is 20.5. The Balaban J connectivity index is 1.81. The average Bonchev–Trinajstić information content (AvgIpc) is 2.77. The molecular weight excluding hydrogens is 410 g/mol. The minimum Gasteiger partial charge on any atom is -0.469 e. The minimum absolute atomic E-state index is 0.0427. The normalized spacial score (nSPS) is 12.6. The smallest absolute Gasteiger partial charge is 0.307 e. The molecule has 0 saturated carbocycles. The van der Waals surface area contributed by atoms with Gasteiger partial charge in [-0.3, -0.25) is 9.59 Å². The third kappa shape index (κ3) is 3.86. The number of carbonyl (C=O) groups excluding carboxylic acids is 2. The number of Topliss-reactive ketones (excluding diaryl/α,β-unsaturated/α-hetero) is 1. The van der Waals surface area contributed by atoms with Crippen LogP contribution in [0.3, 0.4) is 0 Å². The van der Waals surface area contributed by atoms with Gasteiger partial charge in [-0.2, -0.15) is 5.26 Å². The molecule has 0 amide bonds. The standard InChI is InChI=1S/C24H19N3O3S/c1-30-21(28)10-11-27-23-17-8-9-20(31-15-5-2-4-14(26)12-15)16-6-3-7-18(22(16)17)24(29)19(23)13-25/h2-9,12,27H,10-11,26H2,1H3. The lowest BCUT2D eigenvalue weighted by Crippen LogP contribution is -2.24. The molecule has 31 heavy (non-hydrogen) atoms. The van der Waals surface area contributed by atoms with E-state index in [1.165, 1.54) is 7.11 Å². The number of hydrogen-bond donors (Lipinski definition) is 2.